The molecule has 1 amide bonds. The van der Waals surface area contributed by atoms with E-state index in [1.165, 1.54) is 154 Å². The summed E-state index contributed by atoms with van der Waals surface area (Å²) in [6.45, 7) is 3.53. The quantitative estimate of drug-likeness (QED) is 0.0206. The van der Waals surface area contributed by atoms with Crippen molar-refractivity contribution in [1.82, 2.24) is 5.32 Å². The second-order valence-electron chi connectivity index (χ2n) is 19.3. The van der Waals surface area contributed by atoms with Gasteiger partial charge in [-0.25, -0.2) is 0 Å². The molecule has 0 aromatic rings. The lowest BCUT2D eigenvalue weighted by Gasteiger charge is -2.43. The lowest BCUT2D eigenvalue weighted by molar-refractivity contribution is -0.261. The Kier molecular flexibility index (Phi) is 38.4. The van der Waals surface area contributed by atoms with Crippen molar-refractivity contribution in [1.29, 1.82) is 0 Å². The van der Waals surface area contributed by atoms with Gasteiger partial charge < -0.3 is 60.1 Å². The molecule has 0 spiro atoms. The zero-order valence-electron chi connectivity index (χ0n) is 41.0. The van der Waals surface area contributed by atoms with Crippen molar-refractivity contribution in [2.24, 2.45) is 0 Å². The van der Waals surface area contributed by atoms with Crippen LogP contribution in [0, 0.1) is 0 Å². The van der Waals surface area contributed by atoms with Crippen LogP contribution in [0.4, 0.5) is 0 Å². The summed E-state index contributed by atoms with van der Waals surface area (Å²) in [4.78, 5) is 25.9. The molecule has 0 radical (unpaired) electrons. The maximum atomic E-state index is 13.1. The summed E-state index contributed by atoms with van der Waals surface area (Å²) < 4.78 is 22.6. The van der Waals surface area contributed by atoms with E-state index in [2.05, 4.69) is 19.2 Å². The molecule has 0 aromatic heterocycles. The van der Waals surface area contributed by atoms with Gasteiger partial charge in [-0.1, -0.05) is 232 Å². The Balaban J connectivity index is 2.44. The molecule has 1 saturated carbocycles. The minimum atomic E-state index is -5.48. The molecule has 15 heteroatoms. The van der Waals surface area contributed by atoms with Crippen LogP contribution < -0.4 is 10.2 Å². The molecule has 11 atom stereocenters. The fourth-order valence-corrected chi connectivity index (χ4v) is 9.84. The molecular weight excluding hydrogens is 854 g/mol. The highest BCUT2D eigenvalue weighted by Gasteiger charge is 2.50. The molecule has 1 aliphatic carbocycles. The van der Waals surface area contributed by atoms with Gasteiger partial charge in [-0.3, -0.25) is 9.36 Å². The van der Waals surface area contributed by atoms with Gasteiger partial charge in [0, 0.05) is 0 Å². The van der Waals surface area contributed by atoms with E-state index in [-0.39, 0.29) is 12.8 Å². The van der Waals surface area contributed by atoms with Gasteiger partial charge in [0.05, 0.1) is 18.8 Å². The summed E-state index contributed by atoms with van der Waals surface area (Å²) in [5.74, 6) is -0.876. The Labute approximate surface area is 394 Å². The SMILES string of the molecule is CCCCCCCCCCCCCCCCCCCCCCCCC(O)C(=O)N[C@@H](COP(=O)([O-])OC1[C@H](O)[C@H](O)C(O)[C@H](O)[C@H]1O)[C@H](O)[C@H](O)CCCCCCCCCCCCCC. The molecule has 0 bridgehead atoms. The van der Waals surface area contributed by atoms with Gasteiger partial charge >= 0.3 is 0 Å². The second kappa shape index (κ2) is 40.0. The van der Waals surface area contributed by atoms with Crippen molar-refractivity contribution in [2.45, 2.75) is 306 Å². The lowest BCUT2D eigenvalue weighted by atomic mass is 9.85. The highest BCUT2D eigenvalue weighted by molar-refractivity contribution is 7.45. The minimum Gasteiger partial charge on any atom is -0.756 e. The maximum absolute atomic E-state index is 13.1. The monoisotopic (exact) mass is 953 g/mol. The summed E-state index contributed by atoms with van der Waals surface area (Å²) in [5, 5.41) is 85.4. The van der Waals surface area contributed by atoms with Crippen LogP contribution in [-0.4, -0.2) is 114 Å². The van der Waals surface area contributed by atoms with E-state index in [0.717, 1.165) is 51.4 Å². The van der Waals surface area contributed by atoms with Crippen LogP contribution in [0.25, 0.3) is 0 Å². The number of unbranched alkanes of at least 4 members (excludes halogenated alkanes) is 32. The summed E-state index contributed by atoms with van der Waals surface area (Å²) in [6.07, 6.45) is 24.3. The van der Waals surface area contributed by atoms with Gasteiger partial charge in [0.1, 0.15) is 48.8 Å². The summed E-state index contributed by atoms with van der Waals surface area (Å²) in [7, 11) is -5.48. The number of hydrogen-bond acceptors (Lipinski definition) is 13. The minimum absolute atomic E-state index is 0.146. The summed E-state index contributed by atoms with van der Waals surface area (Å²) in [6, 6.07) is -1.51. The van der Waals surface area contributed by atoms with E-state index in [0.29, 0.717) is 12.8 Å². The largest absolute Gasteiger partial charge is 0.756 e. The third-order valence-corrected chi connectivity index (χ3v) is 14.3. The Morgan fingerprint density at radius 2 is 0.785 bits per heavy atom. The maximum Gasteiger partial charge on any atom is 0.268 e. The Morgan fingerprint density at radius 1 is 0.492 bits per heavy atom. The number of carbonyl (C=O) groups is 1. The van der Waals surface area contributed by atoms with Crippen molar-refractivity contribution < 1.29 is 64.2 Å². The Bertz CT molecular complexity index is 1140. The van der Waals surface area contributed by atoms with Gasteiger partial charge in [-0.05, 0) is 12.8 Å². The number of hydrogen-bond donors (Lipinski definition) is 9. The summed E-state index contributed by atoms with van der Waals surface area (Å²) >= 11 is 0. The van der Waals surface area contributed by atoms with Gasteiger partial charge in [0.15, 0.2) is 0 Å². The second-order valence-corrected chi connectivity index (χ2v) is 20.7. The van der Waals surface area contributed by atoms with E-state index in [1.54, 1.807) is 0 Å². The molecule has 0 heterocycles. The number of amides is 1. The molecule has 0 aromatic carbocycles. The standard InChI is InChI=1S/C50H100NO13P/c1-3-5-7-9-11-13-15-17-18-19-20-21-22-23-24-25-26-28-30-32-34-36-38-42(53)50(60)51-40(39-63-65(61,62)64-49-47(58)45(56)44(55)46(57)48(49)59)43(54)41(52)37-35-33-31-29-27-16-14-12-10-8-6-4-2/h40-49,52-59H,3-39H2,1-2H3,(H,51,60)(H,61,62)/p-1/t40-,41+,42?,43-,44?,45-,46+,47+,48+,49?/m0/s1. The van der Waals surface area contributed by atoms with Gasteiger partial charge in [-0.2, -0.15) is 0 Å². The number of phosphoric acid groups is 1. The molecule has 65 heavy (non-hydrogen) atoms. The van der Waals surface area contributed by atoms with Gasteiger partial charge in [0.2, 0.25) is 5.91 Å². The Morgan fingerprint density at radius 3 is 1.12 bits per heavy atom. The van der Waals surface area contributed by atoms with E-state index in [4.69, 9.17) is 9.05 Å². The zero-order valence-corrected chi connectivity index (χ0v) is 41.9. The Hall–Kier alpha value is -0.740. The highest BCUT2D eigenvalue weighted by Crippen LogP contribution is 2.43. The van der Waals surface area contributed by atoms with Crippen LogP contribution in [0.1, 0.15) is 245 Å². The fraction of sp³-hybridized carbons (Fsp3) is 0.980. The number of rotatable bonds is 45. The van der Waals surface area contributed by atoms with Gasteiger partial charge in [0.25, 0.3) is 7.82 Å². The molecule has 388 valence electrons. The molecule has 1 fully saturated rings. The topological polar surface area (TPSA) is 250 Å². The van der Waals surface area contributed by atoms with Crippen molar-refractivity contribution >= 4 is 13.7 Å². The van der Waals surface area contributed by atoms with Crippen LogP contribution in [0.3, 0.4) is 0 Å². The fourth-order valence-electron chi connectivity index (χ4n) is 8.89. The predicted molar refractivity (Wildman–Crippen MR) is 256 cm³/mol. The van der Waals surface area contributed by atoms with Crippen molar-refractivity contribution in [2.75, 3.05) is 6.61 Å². The predicted octanol–water partition coefficient (Wildman–Crippen LogP) is 8.33. The molecule has 4 unspecified atom stereocenters. The number of carbonyl (C=O) groups excluding carboxylic acids is 1. The van der Waals surface area contributed by atoms with Crippen LogP contribution in [0.5, 0.6) is 0 Å². The molecule has 9 N–H and O–H groups in total. The number of nitrogens with one attached hydrogen (secondary N) is 1. The summed E-state index contributed by atoms with van der Waals surface area (Å²) in [5.41, 5.74) is 0. The molecular formula is C50H99NO13P-. The molecule has 1 rings (SSSR count). The molecule has 0 saturated heterocycles. The molecule has 1 aliphatic rings. The number of aliphatic hydroxyl groups is 8. The first kappa shape index (κ1) is 62.3. The van der Waals surface area contributed by atoms with Crippen molar-refractivity contribution in [3.8, 4) is 0 Å². The van der Waals surface area contributed by atoms with Crippen molar-refractivity contribution in [3.05, 3.63) is 0 Å². The van der Waals surface area contributed by atoms with E-state index in [1.807, 2.05) is 0 Å². The van der Waals surface area contributed by atoms with Crippen molar-refractivity contribution in [3.63, 3.8) is 0 Å². The molecule has 0 aliphatic heterocycles. The first-order chi connectivity index (χ1) is 31.3. The smallest absolute Gasteiger partial charge is 0.268 e. The first-order valence-electron chi connectivity index (χ1n) is 26.7. The average molecular weight is 953 g/mol. The molecule has 14 nitrogen and oxygen atoms in total. The highest BCUT2D eigenvalue weighted by atomic mass is 31.2. The number of aliphatic hydroxyl groups excluding tert-OH is 8. The van der Waals surface area contributed by atoms with Crippen LogP contribution in [0.2, 0.25) is 0 Å². The van der Waals surface area contributed by atoms with E-state index < -0.39 is 81.3 Å². The third-order valence-electron chi connectivity index (χ3n) is 13.4. The van der Waals surface area contributed by atoms with Crippen LogP contribution >= 0.6 is 7.82 Å². The first-order valence-corrected chi connectivity index (χ1v) is 28.1. The van der Waals surface area contributed by atoms with E-state index >= 15 is 0 Å². The normalized spacial score (nSPS) is 22.9. The van der Waals surface area contributed by atoms with Crippen LogP contribution in [0.15, 0.2) is 0 Å². The average Bonchev–Trinajstić information content (AvgIpc) is 3.29. The lowest BCUT2D eigenvalue weighted by Crippen LogP contribution is -2.64. The zero-order chi connectivity index (χ0) is 48.1. The van der Waals surface area contributed by atoms with Gasteiger partial charge in [-0.15, -0.1) is 0 Å². The van der Waals surface area contributed by atoms with Crippen LogP contribution in [-0.2, 0) is 18.4 Å². The third kappa shape index (κ3) is 30.5. The number of phosphoric ester groups is 1. The van der Waals surface area contributed by atoms with E-state index in [9.17, 15) is 55.1 Å².